The Labute approximate surface area is 111 Å². The lowest BCUT2D eigenvalue weighted by Crippen LogP contribution is -2.18. The maximum atomic E-state index is 11.7. The van der Waals surface area contributed by atoms with Gasteiger partial charge in [0.1, 0.15) is 12.4 Å². The van der Waals surface area contributed by atoms with Crippen LogP contribution in [-0.2, 0) is 4.74 Å². The highest BCUT2D eigenvalue weighted by molar-refractivity contribution is 9.10. The second kappa shape index (κ2) is 6.40. The van der Waals surface area contributed by atoms with E-state index in [0.717, 1.165) is 10.0 Å². The van der Waals surface area contributed by atoms with E-state index in [4.69, 9.17) is 10.5 Å². The number of alkyl halides is 3. The maximum absolute atomic E-state index is 11.7. The first kappa shape index (κ1) is 15.3. The zero-order valence-electron chi connectivity index (χ0n) is 9.63. The van der Waals surface area contributed by atoms with E-state index in [1.54, 1.807) is 25.1 Å². The Morgan fingerprint density at radius 1 is 1.33 bits per heavy atom. The molecular weight excluding hydrogens is 315 g/mol. The Morgan fingerprint density at radius 3 is 2.56 bits per heavy atom. The molecule has 0 aliphatic heterocycles. The summed E-state index contributed by atoms with van der Waals surface area (Å²) >= 11 is 3.25. The number of nitrogens with two attached hydrogens (primary N) is 1. The van der Waals surface area contributed by atoms with Crippen molar-refractivity contribution in [1.29, 1.82) is 0 Å². The van der Waals surface area contributed by atoms with Crippen molar-refractivity contribution < 1.29 is 22.6 Å². The number of hydrogen-bond donors (Lipinski definition) is 1. The largest absolute Gasteiger partial charge is 0.522 e. The highest BCUT2D eigenvalue weighted by atomic mass is 79.9. The van der Waals surface area contributed by atoms with Gasteiger partial charge in [-0.05, 0) is 19.1 Å². The highest BCUT2D eigenvalue weighted by Crippen LogP contribution is 2.27. The zero-order valence-corrected chi connectivity index (χ0v) is 11.2. The summed E-state index contributed by atoms with van der Waals surface area (Å²) in [6, 6.07) is 4.94. The first-order chi connectivity index (χ1) is 8.29. The van der Waals surface area contributed by atoms with Gasteiger partial charge in [0.25, 0.3) is 0 Å². The van der Waals surface area contributed by atoms with Crippen LogP contribution in [0.15, 0.2) is 22.7 Å². The van der Waals surface area contributed by atoms with Gasteiger partial charge in [0.2, 0.25) is 0 Å². The van der Waals surface area contributed by atoms with Gasteiger partial charge in [0.15, 0.2) is 0 Å². The Hall–Kier alpha value is -0.790. The fourth-order valence-electron chi connectivity index (χ4n) is 1.32. The van der Waals surface area contributed by atoms with Gasteiger partial charge < -0.3 is 10.5 Å². The molecule has 18 heavy (non-hydrogen) atoms. The number of benzene rings is 1. The second-order valence-corrected chi connectivity index (χ2v) is 4.53. The molecule has 2 N–H and O–H groups in total. The Bertz CT molecular complexity index is 396. The fourth-order valence-corrected chi connectivity index (χ4v) is 1.66. The maximum Gasteiger partial charge on any atom is 0.522 e. The Balaban J connectivity index is 2.58. The van der Waals surface area contributed by atoms with Crippen molar-refractivity contribution >= 4 is 15.9 Å². The minimum absolute atomic E-state index is 0.199. The molecule has 0 aliphatic carbocycles. The lowest BCUT2D eigenvalue weighted by molar-refractivity contribution is -0.325. The van der Waals surface area contributed by atoms with E-state index in [9.17, 15) is 13.2 Å². The monoisotopic (exact) mass is 327 g/mol. The summed E-state index contributed by atoms with van der Waals surface area (Å²) < 4.78 is 44.9. The quantitative estimate of drug-likeness (QED) is 0.843. The van der Waals surface area contributed by atoms with Crippen LogP contribution in [0.1, 0.15) is 18.5 Å². The van der Waals surface area contributed by atoms with Crippen LogP contribution >= 0.6 is 15.9 Å². The van der Waals surface area contributed by atoms with Gasteiger partial charge in [-0.2, -0.15) is 0 Å². The predicted octanol–water partition coefficient (Wildman–Crippen LogP) is 3.38. The van der Waals surface area contributed by atoms with Crippen molar-refractivity contribution in [3.63, 3.8) is 0 Å². The van der Waals surface area contributed by atoms with Crippen LogP contribution in [0.5, 0.6) is 5.75 Å². The van der Waals surface area contributed by atoms with E-state index in [2.05, 4.69) is 20.7 Å². The molecule has 0 saturated heterocycles. The lowest BCUT2D eigenvalue weighted by atomic mass is 10.1. The molecule has 0 aromatic heterocycles. The Morgan fingerprint density at radius 2 is 2.00 bits per heavy atom. The van der Waals surface area contributed by atoms with E-state index in [1.807, 2.05) is 0 Å². The van der Waals surface area contributed by atoms with Crippen LogP contribution in [0.4, 0.5) is 13.2 Å². The molecule has 0 saturated carbocycles. The van der Waals surface area contributed by atoms with Crippen molar-refractivity contribution in [3.8, 4) is 5.75 Å². The second-order valence-electron chi connectivity index (χ2n) is 3.61. The van der Waals surface area contributed by atoms with E-state index < -0.39 is 13.0 Å². The molecule has 1 aromatic carbocycles. The molecule has 0 spiro atoms. The van der Waals surface area contributed by atoms with Crippen molar-refractivity contribution in [1.82, 2.24) is 0 Å². The number of ether oxygens (including phenoxy) is 2. The van der Waals surface area contributed by atoms with E-state index in [-0.39, 0.29) is 12.6 Å². The van der Waals surface area contributed by atoms with Gasteiger partial charge in [0.05, 0.1) is 6.61 Å². The summed E-state index contributed by atoms with van der Waals surface area (Å²) in [7, 11) is 0. The van der Waals surface area contributed by atoms with Crippen LogP contribution in [0.25, 0.3) is 0 Å². The summed E-state index contributed by atoms with van der Waals surface area (Å²) in [6.45, 7) is 1.01. The van der Waals surface area contributed by atoms with Gasteiger partial charge in [0, 0.05) is 16.1 Å². The van der Waals surface area contributed by atoms with Crippen molar-refractivity contribution in [2.45, 2.75) is 19.3 Å². The molecule has 1 aromatic rings. The first-order valence-electron chi connectivity index (χ1n) is 5.18. The number of rotatable bonds is 5. The standard InChI is InChI=1S/C11H13BrF3NO2/c1-7(16)9-3-2-8(12)6-10(9)17-4-5-18-11(13,14)15/h2-3,6-7H,4-5,16H2,1H3/t7-/m1/s1. The predicted molar refractivity (Wildman–Crippen MR) is 64.2 cm³/mol. The summed E-state index contributed by atoms with van der Waals surface area (Å²) in [4.78, 5) is 0. The number of hydrogen-bond acceptors (Lipinski definition) is 3. The highest BCUT2D eigenvalue weighted by Gasteiger charge is 2.28. The van der Waals surface area contributed by atoms with Crippen LogP contribution in [0.2, 0.25) is 0 Å². The van der Waals surface area contributed by atoms with Crippen LogP contribution in [0, 0.1) is 0 Å². The van der Waals surface area contributed by atoms with Gasteiger partial charge in [-0.3, -0.25) is 4.74 Å². The van der Waals surface area contributed by atoms with E-state index >= 15 is 0 Å². The van der Waals surface area contributed by atoms with Gasteiger partial charge in [-0.25, -0.2) is 0 Å². The molecule has 102 valence electrons. The number of halogens is 4. The average molecular weight is 328 g/mol. The molecule has 0 aliphatic rings. The molecule has 0 bridgehead atoms. The Kier molecular flexibility index (Phi) is 5.43. The van der Waals surface area contributed by atoms with Crippen LogP contribution in [0.3, 0.4) is 0 Å². The smallest absolute Gasteiger partial charge is 0.491 e. The van der Waals surface area contributed by atoms with Gasteiger partial charge >= 0.3 is 6.36 Å². The molecule has 1 atom stereocenters. The van der Waals surface area contributed by atoms with Gasteiger partial charge in [-0.1, -0.05) is 22.0 Å². The molecule has 0 heterocycles. The third-order valence-corrected chi connectivity index (χ3v) is 2.57. The molecule has 7 heteroatoms. The summed E-state index contributed by atoms with van der Waals surface area (Å²) in [5.74, 6) is 0.449. The average Bonchev–Trinajstić information content (AvgIpc) is 2.22. The lowest BCUT2D eigenvalue weighted by Gasteiger charge is -2.15. The topological polar surface area (TPSA) is 44.5 Å². The van der Waals surface area contributed by atoms with Gasteiger partial charge in [-0.15, -0.1) is 13.2 Å². The van der Waals surface area contributed by atoms with E-state index in [0.29, 0.717) is 5.75 Å². The minimum Gasteiger partial charge on any atom is -0.491 e. The van der Waals surface area contributed by atoms with Crippen molar-refractivity contribution in [2.24, 2.45) is 5.73 Å². The molecule has 0 amide bonds. The molecule has 0 fully saturated rings. The zero-order chi connectivity index (χ0) is 13.8. The van der Waals surface area contributed by atoms with E-state index in [1.165, 1.54) is 0 Å². The summed E-state index contributed by atoms with van der Waals surface area (Å²) in [5.41, 5.74) is 6.46. The molecule has 0 radical (unpaired) electrons. The van der Waals surface area contributed by atoms with Crippen molar-refractivity contribution in [3.05, 3.63) is 28.2 Å². The SMILES string of the molecule is C[C@@H](N)c1ccc(Br)cc1OCCOC(F)(F)F. The summed E-state index contributed by atoms with van der Waals surface area (Å²) in [6.07, 6.45) is -4.63. The third-order valence-electron chi connectivity index (χ3n) is 2.07. The fraction of sp³-hybridized carbons (Fsp3) is 0.455. The normalized spacial score (nSPS) is 13.4. The summed E-state index contributed by atoms with van der Waals surface area (Å²) in [5, 5.41) is 0. The molecule has 0 unspecified atom stereocenters. The molecule has 1 rings (SSSR count). The minimum atomic E-state index is -4.63. The molecular formula is C11H13BrF3NO2. The third kappa shape index (κ3) is 5.24. The first-order valence-corrected chi connectivity index (χ1v) is 5.97. The molecule has 3 nitrogen and oxygen atoms in total. The van der Waals surface area contributed by atoms with Crippen LogP contribution in [-0.4, -0.2) is 19.6 Å². The van der Waals surface area contributed by atoms with Crippen molar-refractivity contribution in [2.75, 3.05) is 13.2 Å². The van der Waals surface area contributed by atoms with Crippen LogP contribution < -0.4 is 10.5 Å².